The van der Waals surface area contributed by atoms with E-state index in [1.54, 1.807) is 0 Å². The second-order valence-corrected chi connectivity index (χ2v) is 5.42. The Hall–Kier alpha value is -0.120. The highest BCUT2D eigenvalue weighted by Crippen LogP contribution is 2.49. The predicted molar refractivity (Wildman–Crippen MR) is 66.7 cm³/mol. The summed E-state index contributed by atoms with van der Waals surface area (Å²) in [5, 5.41) is 9.17. The Morgan fingerprint density at radius 1 is 1.18 bits per heavy atom. The smallest absolute Gasteiger partial charge is 0.171 e. The molecule has 2 aliphatic rings. The molecule has 17 heavy (non-hydrogen) atoms. The first-order valence-electron chi connectivity index (χ1n) is 7.21. The first kappa shape index (κ1) is 13.3. The van der Waals surface area contributed by atoms with Crippen LogP contribution in [0.4, 0.5) is 0 Å². The van der Waals surface area contributed by atoms with E-state index in [2.05, 4.69) is 6.92 Å². The standard InChI is InChI=1S/C14H26O3/c1-2-3-4-5-13-12(7-9-15)6-8-14(13)16-10-11-17-14/h12-13,15H,2-11H2,1H3. The van der Waals surface area contributed by atoms with E-state index in [1.165, 1.54) is 25.7 Å². The highest BCUT2D eigenvalue weighted by atomic mass is 16.7. The van der Waals surface area contributed by atoms with Crippen LogP contribution < -0.4 is 0 Å². The van der Waals surface area contributed by atoms with Crippen LogP contribution in [-0.2, 0) is 9.47 Å². The molecule has 0 aromatic carbocycles. The second kappa shape index (κ2) is 6.17. The van der Waals surface area contributed by atoms with Gasteiger partial charge in [0.2, 0.25) is 0 Å². The summed E-state index contributed by atoms with van der Waals surface area (Å²) in [6, 6.07) is 0. The predicted octanol–water partition coefficient (Wildman–Crippen LogP) is 2.72. The van der Waals surface area contributed by atoms with Gasteiger partial charge in [0.15, 0.2) is 5.79 Å². The maximum Gasteiger partial charge on any atom is 0.171 e. The molecule has 100 valence electrons. The molecule has 1 aliphatic carbocycles. The molecule has 2 unspecified atom stereocenters. The Kier molecular flexibility index (Phi) is 4.83. The largest absolute Gasteiger partial charge is 0.396 e. The summed E-state index contributed by atoms with van der Waals surface area (Å²) in [7, 11) is 0. The zero-order valence-corrected chi connectivity index (χ0v) is 11.0. The highest BCUT2D eigenvalue weighted by Gasteiger charge is 2.51. The third-order valence-corrected chi connectivity index (χ3v) is 4.39. The number of ether oxygens (including phenoxy) is 2. The first-order chi connectivity index (χ1) is 8.32. The summed E-state index contributed by atoms with van der Waals surface area (Å²) in [4.78, 5) is 0. The minimum atomic E-state index is -0.284. The van der Waals surface area contributed by atoms with Gasteiger partial charge >= 0.3 is 0 Å². The SMILES string of the molecule is CCCCCC1C(CCO)CCC12OCCO2. The fourth-order valence-electron chi connectivity index (χ4n) is 3.54. The van der Waals surface area contributed by atoms with Crippen molar-refractivity contribution in [1.29, 1.82) is 0 Å². The molecule has 0 bridgehead atoms. The summed E-state index contributed by atoms with van der Waals surface area (Å²) >= 11 is 0. The minimum absolute atomic E-state index is 0.284. The van der Waals surface area contributed by atoms with E-state index in [0.717, 1.165) is 32.5 Å². The molecule has 2 rings (SSSR count). The Balaban J connectivity index is 1.96. The molecule has 1 saturated carbocycles. The third kappa shape index (κ3) is 2.83. The van der Waals surface area contributed by atoms with Crippen molar-refractivity contribution in [2.75, 3.05) is 19.8 Å². The Morgan fingerprint density at radius 3 is 2.59 bits per heavy atom. The van der Waals surface area contributed by atoms with Gasteiger partial charge in [-0.2, -0.15) is 0 Å². The van der Waals surface area contributed by atoms with Gasteiger partial charge in [-0.1, -0.05) is 26.2 Å². The van der Waals surface area contributed by atoms with Crippen molar-refractivity contribution in [2.45, 2.75) is 57.7 Å². The molecule has 2 fully saturated rings. The van der Waals surface area contributed by atoms with E-state index in [1.807, 2.05) is 0 Å². The Labute approximate surface area is 104 Å². The quantitative estimate of drug-likeness (QED) is 0.728. The van der Waals surface area contributed by atoms with Crippen molar-refractivity contribution < 1.29 is 14.6 Å². The molecule has 3 heteroatoms. The summed E-state index contributed by atoms with van der Waals surface area (Å²) < 4.78 is 11.8. The van der Waals surface area contributed by atoms with Gasteiger partial charge in [-0.15, -0.1) is 0 Å². The second-order valence-electron chi connectivity index (χ2n) is 5.42. The fourth-order valence-corrected chi connectivity index (χ4v) is 3.54. The monoisotopic (exact) mass is 242 g/mol. The van der Waals surface area contributed by atoms with Crippen molar-refractivity contribution in [3.8, 4) is 0 Å². The summed E-state index contributed by atoms with van der Waals surface area (Å²) in [5.74, 6) is 0.812. The molecular weight excluding hydrogens is 216 g/mol. The molecule has 1 aliphatic heterocycles. The minimum Gasteiger partial charge on any atom is -0.396 e. The van der Waals surface area contributed by atoms with Crippen molar-refractivity contribution in [1.82, 2.24) is 0 Å². The third-order valence-electron chi connectivity index (χ3n) is 4.39. The number of hydrogen-bond acceptors (Lipinski definition) is 3. The number of aliphatic hydroxyl groups excluding tert-OH is 1. The summed E-state index contributed by atoms with van der Waals surface area (Å²) in [6.45, 7) is 4.02. The molecule has 0 radical (unpaired) electrons. The topological polar surface area (TPSA) is 38.7 Å². The number of aliphatic hydroxyl groups is 1. The fraction of sp³-hybridized carbons (Fsp3) is 1.00. The van der Waals surface area contributed by atoms with Crippen LogP contribution in [0.3, 0.4) is 0 Å². The van der Waals surface area contributed by atoms with Crippen LogP contribution in [0.5, 0.6) is 0 Å². The zero-order chi connectivity index (χ0) is 12.1. The van der Waals surface area contributed by atoms with Crippen LogP contribution in [0.25, 0.3) is 0 Å². The normalized spacial score (nSPS) is 31.4. The van der Waals surface area contributed by atoms with Gasteiger partial charge in [-0.25, -0.2) is 0 Å². The molecule has 1 saturated heterocycles. The maximum absolute atomic E-state index is 9.17. The van der Waals surface area contributed by atoms with E-state index in [9.17, 15) is 0 Å². The molecule has 3 nitrogen and oxygen atoms in total. The number of rotatable bonds is 6. The highest BCUT2D eigenvalue weighted by molar-refractivity contribution is 4.94. The first-order valence-corrected chi connectivity index (χ1v) is 7.21. The van der Waals surface area contributed by atoms with Crippen LogP contribution >= 0.6 is 0 Å². The van der Waals surface area contributed by atoms with E-state index < -0.39 is 0 Å². The molecule has 1 heterocycles. The van der Waals surface area contributed by atoms with Gasteiger partial charge in [0, 0.05) is 18.9 Å². The van der Waals surface area contributed by atoms with Crippen LogP contribution in [0.15, 0.2) is 0 Å². The van der Waals surface area contributed by atoms with Gasteiger partial charge in [-0.05, 0) is 25.2 Å². The van der Waals surface area contributed by atoms with E-state index in [0.29, 0.717) is 18.4 Å². The average molecular weight is 242 g/mol. The van der Waals surface area contributed by atoms with Crippen molar-refractivity contribution >= 4 is 0 Å². The molecule has 1 spiro atoms. The number of unbranched alkanes of at least 4 members (excludes halogenated alkanes) is 2. The Bertz CT molecular complexity index is 224. The zero-order valence-electron chi connectivity index (χ0n) is 11.0. The molecule has 0 aromatic heterocycles. The lowest BCUT2D eigenvalue weighted by Crippen LogP contribution is -2.36. The Morgan fingerprint density at radius 2 is 1.94 bits per heavy atom. The van der Waals surface area contributed by atoms with E-state index in [4.69, 9.17) is 14.6 Å². The molecule has 2 atom stereocenters. The van der Waals surface area contributed by atoms with Crippen molar-refractivity contribution in [3.63, 3.8) is 0 Å². The van der Waals surface area contributed by atoms with Gasteiger partial charge in [0.1, 0.15) is 0 Å². The van der Waals surface area contributed by atoms with Gasteiger partial charge in [0.25, 0.3) is 0 Å². The number of hydrogen-bond donors (Lipinski definition) is 1. The lowest BCUT2D eigenvalue weighted by Gasteiger charge is -2.32. The average Bonchev–Trinajstić information content (AvgIpc) is 2.92. The van der Waals surface area contributed by atoms with E-state index in [-0.39, 0.29) is 5.79 Å². The molecule has 0 aromatic rings. The van der Waals surface area contributed by atoms with Crippen LogP contribution in [0.1, 0.15) is 51.9 Å². The van der Waals surface area contributed by atoms with Gasteiger partial charge in [0.05, 0.1) is 13.2 Å². The van der Waals surface area contributed by atoms with Crippen molar-refractivity contribution in [2.24, 2.45) is 11.8 Å². The van der Waals surface area contributed by atoms with Crippen molar-refractivity contribution in [3.05, 3.63) is 0 Å². The van der Waals surface area contributed by atoms with E-state index >= 15 is 0 Å². The van der Waals surface area contributed by atoms with Crippen LogP contribution in [0, 0.1) is 11.8 Å². The molecule has 0 amide bonds. The van der Waals surface area contributed by atoms with Gasteiger partial charge < -0.3 is 14.6 Å². The molecular formula is C14H26O3. The molecule has 1 N–H and O–H groups in total. The summed E-state index contributed by atoms with van der Waals surface area (Å²) in [6.07, 6.45) is 8.08. The van der Waals surface area contributed by atoms with Crippen LogP contribution in [0.2, 0.25) is 0 Å². The maximum atomic E-state index is 9.17. The lowest BCUT2D eigenvalue weighted by molar-refractivity contribution is -0.188. The van der Waals surface area contributed by atoms with Crippen LogP contribution in [-0.4, -0.2) is 30.7 Å². The van der Waals surface area contributed by atoms with Gasteiger partial charge in [-0.3, -0.25) is 0 Å². The lowest BCUT2D eigenvalue weighted by atomic mass is 9.86. The summed E-state index contributed by atoms with van der Waals surface area (Å²) in [5.41, 5.74) is 0.